The Morgan fingerprint density at radius 2 is 1.29 bits per heavy atom. The molecule has 1 aliphatic rings. The molecule has 0 aromatic heterocycles. The highest BCUT2D eigenvalue weighted by atomic mass is 32.2. The summed E-state index contributed by atoms with van der Waals surface area (Å²) in [6.07, 6.45) is 0.661. The lowest BCUT2D eigenvalue weighted by molar-refractivity contribution is 0.0744. The summed E-state index contributed by atoms with van der Waals surface area (Å²) in [5.41, 5.74) is 2.58. The van der Waals surface area contributed by atoms with E-state index >= 15 is 0 Å². The van der Waals surface area contributed by atoms with Crippen LogP contribution in [-0.2, 0) is 22.8 Å². The standard InChI is InChI=1S/C29H23NO4S/c31-28-24-13-7-8-14-26(24)35(33,34)27-19-23(15-16-25(27)28)29(32)30(20-22-11-5-2-6-12-22)18-17-21-9-3-1-4-10-21/h1-16,19H,17-18,20H2. The first-order valence-corrected chi connectivity index (χ1v) is 12.8. The van der Waals surface area contributed by atoms with Crippen molar-refractivity contribution in [3.8, 4) is 0 Å². The zero-order valence-electron chi connectivity index (χ0n) is 18.9. The van der Waals surface area contributed by atoms with Gasteiger partial charge in [-0.1, -0.05) is 72.8 Å². The Morgan fingerprint density at radius 3 is 2.00 bits per heavy atom. The molecule has 5 rings (SSSR count). The van der Waals surface area contributed by atoms with E-state index in [0.29, 0.717) is 19.5 Å². The summed E-state index contributed by atoms with van der Waals surface area (Å²) >= 11 is 0. The Balaban J connectivity index is 1.50. The molecule has 0 unspecified atom stereocenters. The Kier molecular flexibility index (Phi) is 6.05. The number of fused-ring (bicyclic) bond motifs is 2. The molecule has 0 saturated carbocycles. The monoisotopic (exact) mass is 481 g/mol. The smallest absolute Gasteiger partial charge is 0.254 e. The third-order valence-electron chi connectivity index (χ3n) is 6.20. The molecule has 1 aliphatic heterocycles. The predicted octanol–water partition coefficient (Wildman–Crippen LogP) is 4.95. The van der Waals surface area contributed by atoms with Crippen molar-refractivity contribution in [2.45, 2.75) is 22.8 Å². The summed E-state index contributed by atoms with van der Waals surface area (Å²) in [6.45, 7) is 0.849. The van der Waals surface area contributed by atoms with E-state index in [2.05, 4.69) is 0 Å². The third-order valence-corrected chi connectivity index (χ3v) is 8.05. The van der Waals surface area contributed by atoms with E-state index in [9.17, 15) is 18.0 Å². The van der Waals surface area contributed by atoms with Crippen molar-refractivity contribution in [3.05, 3.63) is 131 Å². The summed E-state index contributed by atoms with van der Waals surface area (Å²) < 4.78 is 26.6. The van der Waals surface area contributed by atoms with Crippen LogP contribution in [0.4, 0.5) is 0 Å². The van der Waals surface area contributed by atoms with Crippen LogP contribution in [0.1, 0.15) is 37.4 Å². The summed E-state index contributed by atoms with van der Waals surface area (Å²) in [7, 11) is -3.92. The van der Waals surface area contributed by atoms with Gasteiger partial charge in [-0.05, 0) is 47.9 Å². The van der Waals surface area contributed by atoms with Gasteiger partial charge in [-0.3, -0.25) is 9.59 Å². The van der Waals surface area contributed by atoms with Crippen molar-refractivity contribution in [1.82, 2.24) is 4.90 Å². The lowest BCUT2D eigenvalue weighted by Gasteiger charge is -2.24. The van der Waals surface area contributed by atoms with Gasteiger partial charge in [0.05, 0.1) is 9.79 Å². The zero-order valence-corrected chi connectivity index (χ0v) is 19.7. The van der Waals surface area contributed by atoms with E-state index < -0.39 is 9.84 Å². The Hall–Kier alpha value is -4.03. The summed E-state index contributed by atoms with van der Waals surface area (Å²) in [6, 6.07) is 30.1. The van der Waals surface area contributed by atoms with Crippen LogP contribution in [0.15, 0.2) is 113 Å². The first-order chi connectivity index (χ1) is 16.9. The van der Waals surface area contributed by atoms with Gasteiger partial charge in [0.2, 0.25) is 9.84 Å². The minimum Gasteiger partial charge on any atom is -0.334 e. The molecule has 1 amide bonds. The lowest BCUT2D eigenvalue weighted by atomic mass is 10.0. The first-order valence-electron chi connectivity index (χ1n) is 11.3. The molecule has 0 fully saturated rings. The van der Waals surface area contributed by atoms with Gasteiger partial charge >= 0.3 is 0 Å². The molecule has 6 heteroatoms. The predicted molar refractivity (Wildman–Crippen MR) is 133 cm³/mol. The lowest BCUT2D eigenvalue weighted by Crippen LogP contribution is -2.33. The average molecular weight is 482 g/mol. The van der Waals surface area contributed by atoms with Gasteiger partial charge in [-0.2, -0.15) is 0 Å². The van der Waals surface area contributed by atoms with Crippen LogP contribution in [0.25, 0.3) is 0 Å². The minimum atomic E-state index is -3.92. The number of amides is 1. The molecule has 4 aromatic carbocycles. The molecule has 0 atom stereocenters. The van der Waals surface area contributed by atoms with E-state index in [1.807, 2.05) is 60.7 Å². The molecule has 35 heavy (non-hydrogen) atoms. The number of ketones is 1. The molecule has 0 bridgehead atoms. The maximum atomic E-state index is 13.6. The molecule has 4 aromatic rings. The van der Waals surface area contributed by atoms with E-state index in [-0.39, 0.29) is 38.2 Å². The van der Waals surface area contributed by atoms with E-state index in [1.54, 1.807) is 23.1 Å². The fraction of sp³-hybridized carbons (Fsp3) is 0.103. The molecular weight excluding hydrogens is 458 g/mol. The normalized spacial score (nSPS) is 13.5. The molecule has 0 spiro atoms. The van der Waals surface area contributed by atoms with Gasteiger partial charge in [-0.25, -0.2) is 8.42 Å². The average Bonchev–Trinajstić information content (AvgIpc) is 2.90. The maximum Gasteiger partial charge on any atom is 0.254 e. The van der Waals surface area contributed by atoms with E-state index in [0.717, 1.165) is 11.1 Å². The second kappa shape index (κ2) is 9.31. The van der Waals surface area contributed by atoms with E-state index in [4.69, 9.17) is 0 Å². The summed E-state index contributed by atoms with van der Waals surface area (Å²) in [4.78, 5) is 28.2. The Bertz CT molecular complexity index is 1510. The maximum absolute atomic E-state index is 13.6. The summed E-state index contributed by atoms with van der Waals surface area (Å²) in [5.74, 6) is -0.635. The van der Waals surface area contributed by atoms with Gasteiger partial charge in [0.15, 0.2) is 5.78 Å². The molecule has 0 N–H and O–H groups in total. The molecule has 1 heterocycles. The fourth-order valence-corrected chi connectivity index (χ4v) is 6.04. The van der Waals surface area contributed by atoms with Crippen LogP contribution in [0.5, 0.6) is 0 Å². The number of benzene rings is 4. The van der Waals surface area contributed by atoms with Gasteiger partial charge in [0, 0.05) is 29.8 Å². The second-order valence-corrected chi connectivity index (χ2v) is 10.4. The molecule has 0 aliphatic carbocycles. The third kappa shape index (κ3) is 4.40. The number of carbonyl (C=O) groups excluding carboxylic acids is 2. The van der Waals surface area contributed by atoms with Crippen LogP contribution < -0.4 is 0 Å². The quantitative estimate of drug-likeness (QED) is 0.344. The number of carbonyl (C=O) groups is 2. The van der Waals surface area contributed by atoms with Crippen molar-refractivity contribution in [2.75, 3.05) is 6.54 Å². The highest BCUT2D eigenvalue weighted by molar-refractivity contribution is 7.91. The number of hydrogen-bond donors (Lipinski definition) is 0. The van der Waals surface area contributed by atoms with Crippen LogP contribution in [0, 0.1) is 0 Å². The minimum absolute atomic E-state index is 0.0210. The van der Waals surface area contributed by atoms with Crippen LogP contribution in [0.2, 0.25) is 0 Å². The van der Waals surface area contributed by atoms with Crippen molar-refractivity contribution in [3.63, 3.8) is 0 Å². The molecule has 174 valence electrons. The second-order valence-electron chi connectivity index (χ2n) is 8.49. The first kappa shape index (κ1) is 22.7. The van der Waals surface area contributed by atoms with Crippen molar-refractivity contribution >= 4 is 21.5 Å². The summed E-state index contributed by atoms with van der Waals surface area (Å²) in [5, 5.41) is 0. The van der Waals surface area contributed by atoms with Crippen molar-refractivity contribution in [1.29, 1.82) is 0 Å². The SMILES string of the molecule is O=C1c2ccccc2S(=O)(=O)c2cc(C(=O)N(CCc3ccccc3)Cc3ccccc3)ccc21. The Morgan fingerprint density at radius 1 is 0.686 bits per heavy atom. The molecule has 0 saturated heterocycles. The van der Waals surface area contributed by atoms with Gasteiger partial charge in [0.1, 0.15) is 0 Å². The topological polar surface area (TPSA) is 71.5 Å². The van der Waals surface area contributed by atoms with Crippen molar-refractivity contribution in [2.24, 2.45) is 0 Å². The highest BCUT2D eigenvalue weighted by Gasteiger charge is 2.35. The van der Waals surface area contributed by atoms with Gasteiger partial charge < -0.3 is 4.90 Å². The van der Waals surface area contributed by atoms with E-state index in [1.165, 1.54) is 24.3 Å². The number of nitrogens with zero attached hydrogens (tertiary/aromatic N) is 1. The molecule has 0 radical (unpaired) electrons. The van der Waals surface area contributed by atoms with Crippen LogP contribution >= 0.6 is 0 Å². The zero-order chi connectivity index (χ0) is 24.4. The van der Waals surface area contributed by atoms with Crippen molar-refractivity contribution < 1.29 is 18.0 Å². The highest BCUT2D eigenvalue weighted by Crippen LogP contribution is 2.35. The van der Waals surface area contributed by atoms with Gasteiger partial charge in [0.25, 0.3) is 5.91 Å². The van der Waals surface area contributed by atoms with Gasteiger partial charge in [-0.15, -0.1) is 0 Å². The largest absolute Gasteiger partial charge is 0.334 e. The van der Waals surface area contributed by atoms with Crippen LogP contribution in [-0.4, -0.2) is 31.6 Å². The number of sulfone groups is 1. The fourth-order valence-electron chi connectivity index (χ4n) is 4.36. The number of rotatable bonds is 6. The Labute approximate surface area is 204 Å². The van der Waals surface area contributed by atoms with Crippen LogP contribution in [0.3, 0.4) is 0 Å². The molecule has 5 nitrogen and oxygen atoms in total. The molecular formula is C29H23NO4S. The number of hydrogen-bond acceptors (Lipinski definition) is 4.